The largest absolute Gasteiger partial charge is 0.508 e. The Morgan fingerprint density at radius 2 is 1.43 bits per heavy atom. The number of amides is 3. The fraction of sp³-hybridized carbons (Fsp3) is 0.522. The van der Waals surface area contributed by atoms with Crippen molar-refractivity contribution in [1.29, 1.82) is 0 Å². The SMILES string of the molecule is NCCCCC(NC(=O)C(CCCN=C(N)N)NC(=O)C(Cc1ccc(O)cc1)NC(=O)CN)C(=O)O. The molecule has 3 atom stereocenters. The van der Waals surface area contributed by atoms with Gasteiger partial charge >= 0.3 is 5.97 Å². The number of nitrogens with two attached hydrogens (primary N) is 4. The van der Waals surface area contributed by atoms with Crippen LogP contribution < -0.4 is 38.9 Å². The summed E-state index contributed by atoms with van der Waals surface area (Å²) in [5, 5.41) is 26.6. The second kappa shape index (κ2) is 16.7. The van der Waals surface area contributed by atoms with Crippen molar-refractivity contribution < 1.29 is 29.4 Å². The Bertz CT molecular complexity index is 920. The number of phenolic OH excluding ortho intramolecular Hbond substituents is 1. The van der Waals surface area contributed by atoms with E-state index in [0.717, 1.165) is 0 Å². The van der Waals surface area contributed by atoms with Crippen LogP contribution in [0.1, 0.15) is 37.7 Å². The molecule has 0 bridgehead atoms. The average Bonchev–Trinajstić information content (AvgIpc) is 2.85. The highest BCUT2D eigenvalue weighted by Crippen LogP contribution is 2.12. The fourth-order valence-electron chi connectivity index (χ4n) is 3.40. The molecule has 14 nitrogen and oxygen atoms in total. The number of benzene rings is 1. The number of rotatable bonds is 17. The van der Waals surface area contributed by atoms with Crippen molar-refractivity contribution in [2.24, 2.45) is 27.9 Å². The van der Waals surface area contributed by atoms with Crippen LogP contribution in [0.2, 0.25) is 0 Å². The van der Waals surface area contributed by atoms with E-state index in [1.807, 2.05) is 0 Å². The third kappa shape index (κ3) is 12.6. The summed E-state index contributed by atoms with van der Waals surface area (Å²) in [6, 6.07) is 2.66. The molecule has 0 aliphatic rings. The van der Waals surface area contributed by atoms with E-state index in [4.69, 9.17) is 22.9 Å². The van der Waals surface area contributed by atoms with Crippen LogP contribution in [0.3, 0.4) is 0 Å². The number of carbonyl (C=O) groups is 4. The van der Waals surface area contributed by atoms with E-state index in [0.29, 0.717) is 31.4 Å². The Morgan fingerprint density at radius 1 is 0.838 bits per heavy atom. The third-order valence-electron chi connectivity index (χ3n) is 5.35. The Hall–Kier alpha value is -3.91. The molecule has 0 radical (unpaired) electrons. The van der Waals surface area contributed by atoms with E-state index in [2.05, 4.69) is 20.9 Å². The highest BCUT2D eigenvalue weighted by molar-refractivity contribution is 5.93. The number of aromatic hydroxyl groups is 1. The van der Waals surface area contributed by atoms with Gasteiger partial charge in [-0.15, -0.1) is 0 Å². The highest BCUT2D eigenvalue weighted by atomic mass is 16.4. The quantitative estimate of drug-likeness (QED) is 0.0595. The molecule has 1 rings (SSSR count). The van der Waals surface area contributed by atoms with Gasteiger partial charge in [0.05, 0.1) is 6.54 Å². The maximum atomic E-state index is 13.2. The first-order valence-electron chi connectivity index (χ1n) is 11.9. The Labute approximate surface area is 215 Å². The summed E-state index contributed by atoms with van der Waals surface area (Å²) in [6.45, 7) is 0.216. The van der Waals surface area contributed by atoms with Crippen LogP contribution in [-0.2, 0) is 25.6 Å². The third-order valence-corrected chi connectivity index (χ3v) is 5.35. The number of nitrogens with zero attached hydrogens (tertiary/aromatic N) is 1. The van der Waals surface area contributed by atoms with E-state index in [1.54, 1.807) is 12.1 Å². The van der Waals surface area contributed by atoms with Crippen molar-refractivity contribution in [2.45, 2.75) is 56.7 Å². The molecule has 0 aliphatic carbocycles. The predicted molar refractivity (Wildman–Crippen MR) is 137 cm³/mol. The molecule has 0 heterocycles. The summed E-state index contributed by atoms with van der Waals surface area (Å²) in [6.07, 6.45) is 1.71. The van der Waals surface area contributed by atoms with E-state index >= 15 is 0 Å². The van der Waals surface area contributed by atoms with Crippen LogP contribution in [0.4, 0.5) is 0 Å². The lowest BCUT2D eigenvalue weighted by atomic mass is 10.0. The Kier molecular flexibility index (Phi) is 14.1. The standard InChI is InChI=1S/C23H38N8O6/c24-10-2-1-4-17(22(36)37)31-20(34)16(5-3-11-28-23(26)27)30-21(35)18(29-19(33)13-25)12-14-6-8-15(32)9-7-14/h6-9,16-18,32H,1-5,10-13,24-25H2,(H,29,33)(H,30,35)(H,31,34)(H,36,37)(H4,26,27,28). The number of carbonyl (C=O) groups excluding carboxylic acids is 3. The van der Waals surface area contributed by atoms with Gasteiger partial charge in [0.15, 0.2) is 5.96 Å². The van der Waals surface area contributed by atoms with Gasteiger partial charge in [-0.1, -0.05) is 12.1 Å². The first-order chi connectivity index (χ1) is 17.6. The maximum absolute atomic E-state index is 13.2. The van der Waals surface area contributed by atoms with Gasteiger partial charge in [-0.2, -0.15) is 0 Å². The summed E-state index contributed by atoms with van der Waals surface area (Å²) in [7, 11) is 0. The minimum atomic E-state index is -1.21. The zero-order valence-electron chi connectivity index (χ0n) is 20.7. The topological polar surface area (TPSA) is 261 Å². The number of hydrogen-bond donors (Lipinski definition) is 9. The van der Waals surface area contributed by atoms with E-state index < -0.39 is 41.8 Å². The molecule has 1 aromatic rings. The fourth-order valence-corrected chi connectivity index (χ4v) is 3.40. The number of aliphatic imine (C=N–C) groups is 1. The number of aliphatic carboxylic acids is 1. The molecule has 0 fully saturated rings. The molecular formula is C23H38N8O6. The van der Waals surface area contributed by atoms with Crippen molar-refractivity contribution in [2.75, 3.05) is 19.6 Å². The lowest BCUT2D eigenvalue weighted by Gasteiger charge is -2.24. The number of hydrogen-bond acceptors (Lipinski definition) is 8. The van der Waals surface area contributed by atoms with Crippen molar-refractivity contribution in [3.8, 4) is 5.75 Å². The van der Waals surface area contributed by atoms with Crippen molar-refractivity contribution in [1.82, 2.24) is 16.0 Å². The van der Waals surface area contributed by atoms with Crippen LogP contribution in [-0.4, -0.2) is 77.6 Å². The second-order valence-electron chi connectivity index (χ2n) is 8.39. The normalized spacial score (nSPS) is 13.0. The van der Waals surface area contributed by atoms with Gasteiger partial charge in [0.25, 0.3) is 0 Å². The number of unbranched alkanes of at least 4 members (excludes halogenated alkanes) is 1. The van der Waals surface area contributed by atoms with E-state index in [9.17, 15) is 29.4 Å². The first kappa shape index (κ1) is 31.1. The summed E-state index contributed by atoms with van der Waals surface area (Å²) < 4.78 is 0. The summed E-state index contributed by atoms with van der Waals surface area (Å²) >= 11 is 0. The second-order valence-corrected chi connectivity index (χ2v) is 8.39. The van der Waals surface area contributed by atoms with Crippen molar-refractivity contribution >= 4 is 29.7 Å². The van der Waals surface area contributed by atoms with E-state index in [-0.39, 0.29) is 44.1 Å². The summed E-state index contributed by atoms with van der Waals surface area (Å²) in [4.78, 5) is 53.6. The van der Waals surface area contributed by atoms with Gasteiger partial charge in [-0.25, -0.2) is 4.79 Å². The lowest BCUT2D eigenvalue weighted by molar-refractivity contribution is -0.142. The van der Waals surface area contributed by atoms with Gasteiger partial charge < -0.3 is 49.1 Å². The predicted octanol–water partition coefficient (Wildman–Crippen LogP) is -2.38. The molecule has 0 spiro atoms. The smallest absolute Gasteiger partial charge is 0.326 e. The molecule has 14 heteroatoms. The number of nitrogens with one attached hydrogen (secondary N) is 3. The van der Waals surface area contributed by atoms with Gasteiger partial charge in [0.1, 0.15) is 23.9 Å². The molecule has 37 heavy (non-hydrogen) atoms. The van der Waals surface area contributed by atoms with Crippen LogP contribution in [0, 0.1) is 0 Å². The van der Waals surface area contributed by atoms with Gasteiger partial charge in [-0.3, -0.25) is 19.4 Å². The zero-order valence-corrected chi connectivity index (χ0v) is 20.7. The minimum Gasteiger partial charge on any atom is -0.508 e. The molecule has 0 aliphatic heterocycles. The number of guanidine groups is 1. The average molecular weight is 523 g/mol. The Balaban J connectivity index is 3.05. The highest BCUT2D eigenvalue weighted by Gasteiger charge is 2.29. The summed E-state index contributed by atoms with van der Waals surface area (Å²) in [5.74, 6) is -3.27. The van der Waals surface area contributed by atoms with Crippen molar-refractivity contribution in [3.63, 3.8) is 0 Å². The Morgan fingerprint density at radius 3 is 2.00 bits per heavy atom. The summed E-state index contributed by atoms with van der Waals surface area (Å²) in [5.41, 5.74) is 22.1. The van der Waals surface area contributed by atoms with Crippen molar-refractivity contribution in [3.05, 3.63) is 29.8 Å². The molecule has 3 amide bonds. The molecular weight excluding hydrogens is 484 g/mol. The van der Waals surface area contributed by atoms with Gasteiger partial charge in [0, 0.05) is 13.0 Å². The van der Waals surface area contributed by atoms with E-state index in [1.165, 1.54) is 12.1 Å². The first-order valence-corrected chi connectivity index (χ1v) is 11.9. The molecule has 1 aromatic carbocycles. The zero-order chi connectivity index (χ0) is 27.8. The van der Waals surface area contributed by atoms with Gasteiger partial charge in [0.2, 0.25) is 17.7 Å². The molecule has 206 valence electrons. The lowest BCUT2D eigenvalue weighted by Crippen LogP contribution is -2.56. The molecule has 3 unspecified atom stereocenters. The van der Waals surface area contributed by atoms with Gasteiger partial charge in [-0.05, 0) is 56.3 Å². The molecule has 13 N–H and O–H groups in total. The van der Waals surface area contributed by atoms with Crippen LogP contribution in [0.15, 0.2) is 29.3 Å². The molecule has 0 saturated carbocycles. The van der Waals surface area contributed by atoms with Crippen LogP contribution in [0.25, 0.3) is 0 Å². The number of carboxylic acids is 1. The van der Waals surface area contributed by atoms with Crippen LogP contribution >= 0.6 is 0 Å². The maximum Gasteiger partial charge on any atom is 0.326 e. The monoisotopic (exact) mass is 522 g/mol. The molecule has 0 aromatic heterocycles. The number of carboxylic acid groups (broad SMARTS) is 1. The minimum absolute atomic E-state index is 0.0349. The van der Waals surface area contributed by atoms with Crippen LogP contribution in [0.5, 0.6) is 5.75 Å². The molecule has 0 saturated heterocycles. The number of phenols is 1.